The Morgan fingerprint density at radius 2 is 1.77 bits per heavy atom. The first-order valence-corrected chi connectivity index (χ1v) is 9.07. The Labute approximate surface area is 173 Å². The fourth-order valence-electron chi connectivity index (χ4n) is 2.69. The molecular weight excluding hydrogens is 437 g/mol. The van der Waals surface area contributed by atoms with Gasteiger partial charge in [-0.3, -0.25) is 4.99 Å². The Bertz CT molecular complexity index is 651. The van der Waals surface area contributed by atoms with Crippen LogP contribution < -0.4 is 16.4 Å². The van der Waals surface area contributed by atoms with Crippen molar-refractivity contribution in [2.75, 3.05) is 23.7 Å². The van der Waals surface area contributed by atoms with Crippen LogP contribution in [0.4, 0.5) is 11.5 Å². The number of pyridine rings is 1. The van der Waals surface area contributed by atoms with E-state index in [9.17, 15) is 0 Å². The number of para-hydroxylation sites is 1. The van der Waals surface area contributed by atoms with E-state index >= 15 is 0 Å². The van der Waals surface area contributed by atoms with Gasteiger partial charge in [0.05, 0.1) is 0 Å². The van der Waals surface area contributed by atoms with Crippen molar-refractivity contribution in [2.24, 2.45) is 10.7 Å². The van der Waals surface area contributed by atoms with E-state index in [-0.39, 0.29) is 24.0 Å². The van der Waals surface area contributed by atoms with Crippen LogP contribution in [0.1, 0.15) is 37.8 Å². The number of benzene rings is 1. The van der Waals surface area contributed by atoms with Crippen molar-refractivity contribution >= 4 is 41.4 Å². The summed E-state index contributed by atoms with van der Waals surface area (Å²) in [6.45, 7) is 5.92. The zero-order valence-corrected chi connectivity index (χ0v) is 18.0. The topological polar surface area (TPSA) is 75.3 Å². The van der Waals surface area contributed by atoms with E-state index < -0.39 is 0 Å². The number of aliphatic imine (C=N–C) groups is 1. The summed E-state index contributed by atoms with van der Waals surface area (Å²) >= 11 is 0. The minimum absolute atomic E-state index is 0. The van der Waals surface area contributed by atoms with E-state index in [2.05, 4.69) is 52.7 Å². The van der Waals surface area contributed by atoms with Gasteiger partial charge in [-0.25, -0.2) is 4.98 Å². The number of unbranched alkanes of at least 4 members (excludes halogenated alkanes) is 1. The molecule has 0 saturated carbocycles. The third kappa shape index (κ3) is 7.19. The van der Waals surface area contributed by atoms with Crippen LogP contribution in [0.2, 0.25) is 0 Å². The molecule has 1 aromatic heterocycles. The molecule has 0 aliphatic carbocycles. The Morgan fingerprint density at radius 3 is 2.38 bits per heavy atom. The molecule has 6 heteroatoms. The molecule has 2 rings (SSSR count). The molecule has 1 heterocycles. The van der Waals surface area contributed by atoms with Crippen LogP contribution in [-0.4, -0.2) is 24.0 Å². The Hall–Kier alpha value is -1.83. The quantitative estimate of drug-likeness (QED) is 0.221. The van der Waals surface area contributed by atoms with E-state index in [1.165, 1.54) is 11.1 Å². The Morgan fingerprint density at radius 1 is 1.04 bits per heavy atom. The number of anilines is 2. The summed E-state index contributed by atoms with van der Waals surface area (Å²) in [5, 5.41) is 6.60. The summed E-state index contributed by atoms with van der Waals surface area (Å²) in [5.41, 5.74) is 9.74. The maximum absolute atomic E-state index is 6.07. The fraction of sp³-hybridized carbons (Fsp3) is 0.400. The summed E-state index contributed by atoms with van der Waals surface area (Å²) in [4.78, 5) is 8.69. The van der Waals surface area contributed by atoms with Crippen molar-refractivity contribution in [3.05, 3.63) is 53.7 Å². The lowest BCUT2D eigenvalue weighted by Gasteiger charge is -2.14. The van der Waals surface area contributed by atoms with Gasteiger partial charge in [-0.1, -0.05) is 38.1 Å². The molecule has 1 aromatic carbocycles. The van der Waals surface area contributed by atoms with Crippen LogP contribution in [-0.2, 0) is 12.8 Å². The molecule has 142 valence electrons. The molecule has 0 aliphatic rings. The summed E-state index contributed by atoms with van der Waals surface area (Å²) in [7, 11) is 0. The number of halogens is 1. The Balaban J connectivity index is 0.00000338. The summed E-state index contributed by atoms with van der Waals surface area (Å²) < 4.78 is 0. The van der Waals surface area contributed by atoms with Crippen molar-refractivity contribution in [1.29, 1.82) is 0 Å². The van der Waals surface area contributed by atoms with Gasteiger partial charge in [0.1, 0.15) is 5.82 Å². The molecule has 0 radical (unpaired) electrons. The van der Waals surface area contributed by atoms with Gasteiger partial charge < -0.3 is 16.4 Å². The first kappa shape index (κ1) is 22.2. The monoisotopic (exact) mass is 467 g/mol. The van der Waals surface area contributed by atoms with Gasteiger partial charge in [-0.2, -0.15) is 0 Å². The molecule has 0 bridgehead atoms. The summed E-state index contributed by atoms with van der Waals surface area (Å²) in [6.07, 6.45) is 5.75. The molecule has 0 unspecified atom stereocenters. The minimum Gasteiger partial charge on any atom is -0.370 e. The van der Waals surface area contributed by atoms with Gasteiger partial charge in [0.25, 0.3) is 0 Å². The number of nitrogens with one attached hydrogen (secondary N) is 2. The highest BCUT2D eigenvalue weighted by Gasteiger charge is 2.06. The predicted molar refractivity (Wildman–Crippen MR) is 123 cm³/mol. The largest absolute Gasteiger partial charge is 0.370 e. The average Bonchev–Trinajstić information content (AvgIpc) is 2.65. The summed E-state index contributed by atoms with van der Waals surface area (Å²) in [5.74, 6) is 1.41. The number of hydrogen-bond donors (Lipinski definition) is 3. The standard InChI is InChI=1S/C20H29N5.HI/c1-3-16-10-9-11-17(4-2)19(16)25-20(21)24-15-8-7-14-23-18-12-5-6-13-22-18;/h5-6,9-13H,3-4,7-8,14-15H2,1-2H3,(H,22,23)(H3,21,24,25);1H. The van der Waals surface area contributed by atoms with E-state index in [4.69, 9.17) is 5.73 Å². The first-order valence-electron chi connectivity index (χ1n) is 9.07. The molecule has 4 N–H and O–H groups in total. The number of hydrogen-bond acceptors (Lipinski definition) is 3. The zero-order chi connectivity index (χ0) is 17.9. The predicted octanol–water partition coefficient (Wildman–Crippen LogP) is 4.44. The maximum atomic E-state index is 6.07. The van der Waals surface area contributed by atoms with Gasteiger partial charge in [-0.05, 0) is 48.9 Å². The third-order valence-corrected chi connectivity index (χ3v) is 4.09. The molecule has 0 aliphatic heterocycles. The van der Waals surface area contributed by atoms with Gasteiger partial charge >= 0.3 is 0 Å². The minimum atomic E-state index is 0. The molecule has 2 aromatic rings. The number of aryl methyl sites for hydroxylation is 2. The third-order valence-electron chi connectivity index (χ3n) is 4.09. The first-order chi connectivity index (χ1) is 12.2. The molecule has 0 saturated heterocycles. The van der Waals surface area contributed by atoms with E-state index in [1.807, 2.05) is 18.2 Å². The van der Waals surface area contributed by atoms with E-state index in [1.54, 1.807) is 6.20 Å². The van der Waals surface area contributed by atoms with Crippen LogP contribution in [0, 0.1) is 0 Å². The van der Waals surface area contributed by atoms with Crippen molar-refractivity contribution in [3.63, 3.8) is 0 Å². The van der Waals surface area contributed by atoms with Crippen molar-refractivity contribution in [3.8, 4) is 0 Å². The second kappa shape index (κ2) is 12.5. The normalized spacial score (nSPS) is 10.9. The summed E-state index contributed by atoms with van der Waals surface area (Å²) in [6, 6.07) is 12.2. The lowest BCUT2D eigenvalue weighted by Crippen LogP contribution is -2.24. The lowest BCUT2D eigenvalue weighted by atomic mass is 10.0. The molecule has 0 amide bonds. The van der Waals surface area contributed by atoms with E-state index in [0.29, 0.717) is 5.96 Å². The molecule has 0 fully saturated rings. The number of guanidine groups is 1. The van der Waals surface area contributed by atoms with Crippen LogP contribution >= 0.6 is 24.0 Å². The maximum Gasteiger partial charge on any atom is 0.193 e. The second-order valence-electron chi connectivity index (χ2n) is 5.90. The average molecular weight is 467 g/mol. The van der Waals surface area contributed by atoms with Crippen LogP contribution in [0.5, 0.6) is 0 Å². The number of nitrogens with two attached hydrogens (primary N) is 1. The van der Waals surface area contributed by atoms with Crippen LogP contribution in [0.15, 0.2) is 47.6 Å². The van der Waals surface area contributed by atoms with Gasteiger partial charge in [0, 0.05) is 25.0 Å². The lowest BCUT2D eigenvalue weighted by molar-refractivity contribution is 0.772. The second-order valence-corrected chi connectivity index (χ2v) is 5.90. The highest BCUT2D eigenvalue weighted by Crippen LogP contribution is 2.22. The van der Waals surface area contributed by atoms with Gasteiger partial charge in [0.15, 0.2) is 5.96 Å². The molecule has 5 nitrogen and oxygen atoms in total. The SMILES string of the molecule is CCc1cccc(CC)c1NC(N)=NCCCCNc1ccccn1.I. The fourth-order valence-corrected chi connectivity index (χ4v) is 2.69. The zero-order valence-electron chi connectivity index (χ0n) is 15.7. The highest BCUT2D eigenvalue weighted by molar-refractivity contribution is 14.0. The molecular formula is C20H30IN5. The number of nitrogens with zero attached hydrogens (tertiary/aromatic N) is 2. The van der Waals surface area contributed by atoms with Crippen LogP contribution in [0.3, 0.4) is 0 Å². The van der Waals surface area contributed by atoms with Gasteiger partial charge in [0.2, 0.25) is 0 Å². The van der Waals surface area contributed by atoms with Crippen molar-refractivity contribution in [2.45, 2.75) is 39.5 Å². The Kier molecular flexibility index (Phi) is 10.7. The van der Waals surface area contributed by atoms with E-state index in [0.717, 1.165) is 50.3 Å². The molecule has 0 atom stereocenters. The smallest absolute Gasteiger partial charge is 0.193 e. The van der Waals surface area contributed by atoms with Crippen molar-refractivity contribution < 1.29 is 0 Å². The van der Waals surface area contributed by atoms with Crippen LogP contribution in [0.25, 0.3) is 0 Å². The highest BCUT2D eigenvalue weighted by atomic mass is 127. The number of aromatic nitrogens is 1. The van der Waals surface area contributed by atoms with Gasteiger partial charge in [-0.15, -0.1) is 24.0 Å². The molecule has 26 heavy (non-hydrogen) atoms. The van der Waals surface area contributed by atoms with Crippen molar-refractivity contribution in [1.82, 2.24) is 4.98 Å². The molecule has 0 spiro atoms. The number of rotatable bonds is 9.